The second-order valence-electron chi connectivity index (χ2n) is 6.72. The van der Waals surface area contributed by atoms with Gasteiger partial charge >= 0.3 is 0 Å². The molecule has 2 aliphatic rings. The zero-order chi connectivity index (χ0) is 16.8. The molecular formula is C20H23NO3. The summed E-state index contributed by atoms with van der Waals surface area (Å²) in [5.74, 6) is 1.82. The molecule has 4 nitrogen and oxygen atoms in total. The minimum absolute atomic E-state index is 0.227. The number of methoxy groups -OCH3 is 2. The molecule has 2 aromatic carbocycles. The van der Waals surface area contributed by atoms with Crippen LogP contribution in [0.2, 0.25) is 0 Å². The zero-order valence-corrected chi connectivity index (χ0v) is 14.4. The minimum Gasteiger partial charge on any atom is -0.504 e. The molecule has 0 amide bonds. The molecule has 1 N–H and O–H groups in total. The van der Waals surface area contributed by atoms with E-state index < -0.39 is 0 Å². The number of aromatic hydroxyl groups is 1. The molecule has 0 saturated carbocycles. The molecule has 1 atom stereocenters. The minimum atomic E-state index is 0.227. The fourth-order valence-electron chi connectivity index (χ4n) is 4.21. The van der Waals surface area contributed by atoms with Crippen molar-refractivity contribution < 1.29 is 14.6 Å². The van der Waals surface area contributed by atoms with Crippen molar-refractivity contribution in [1.29, 1.82) is 0 Å². The number of phenolic OH excluding ortho intramolecular Hbond substituents is 1. The van der Waals surface area contributed by atoms with Gasteiger partial charge < -0.3 is 14.6 Å². The van der Waals surface area contributed by atoms with Crippen LogP contribution in [0.25, 0.3) is 0 Å². The van der Waals surface area contributed by atoms with E-state index in [-0.39, 0.29) is 5.75 Å². The topological polar surface area (TPSA) is 41.9 Å². The van der Waals surface area contributed by atoms with Gasteiger partial charge in [0.15, 0.2) is 11.5 Å². The molecule has 0 aromatic heterocycles. The Morgan fingerprint density at radius 3 is 2.71 bits per heavy atom. The van der Waals surface area contributed by atoms with E-state index in [0.29, 0.717) is 11.8 Å². The van der Waals surface area contributed by atoms with Gasteiger partial charge in [-0.25, -0.2) is 0 Å². The molecule has 2 heterocycles. The molecule has 0 radical (unpaired) electrons. The first-order valence-corrected chi connectivity index (χ1v) is 8.41. The number of rotatable bonds is 2. The van der Waals surface area contributed by atoms with Crippen LogP contribution in [0.4, 0.5) is 0 Å². The Labute approximate surface area is 142 Å². The van der Waals surface area contributed by atoms with Crippen LogP contribution in [0.15, 0.2) is 24.3 Å². The van der Waals surface area contributed by atoms with E-state index in [9.17, 15) is 5.11 Å². The lowest BCUT2D eigenvalue weighted by Gasteiger charge is -2.42. The van der Waals surface area contributed by atoms with Crippen LogP contribution in [0, 0.1) is 6.92 Å². The molecule has 4 heteroatoms. The number of ether oxygens (including phenoxy) is 2. The average Bonchev–Trinajstić information content (AvgIpc) is 2.59. The highest BCUT2D eigenvalue weighted by Crippen LogP contribution is 2.44. The van der Waals surface area contributed by atoms with Crippen molar-refractivity contribution in [1.82, 2.24) is 4.90 Å². The summed E-state index contributed by atoms with van der Waals surface area (Å²) in [5.41, 5.74) is 6.37. The first kappa shape index (κ1) is 15.3. The van der Waals surface area contributed by atoms with Gasteiger partial charge in [0.1, 0.15) is 5.75 Å². The molecule has 2 aromatic rings. The molecule has 126 valence electrons. The number of phenols is 1. The molecular weight excluding hydrogens is 302 g/mol. The second-order valence-corrected chi connectivity index (χ2v) is 6.72. The molecule has 0 fully saturated rings. The number of fused-ring (bicyclic) bond motifs is 4. The number of nitrogens with zero attached hydrogens (tertiary/aromatic N) is 1. The standard InChI is InChI=1S/C20H23NO3/c1-12-4-5-13-8-17-15-10-18(22)19(23-2)9-14(15)6-7-21(17)11-16(13)20(12)24-3/h4-5,9-10,17,22H,6-8,11H2,1-3H3/t17-/m0/s1. The van der Waals surface area contributed by atoms with Crippen molar-refractivity contribution in [2.24, 2.45) is 0 Å². The van der Waals surface area contributed by atoms with E-state index in [1.165, 1.54) is 27.8 Å². The van der Waals surface area contributed by atoms with Gasteiger partial charge in [-0.15, -0.1) is 0 Å². The smallest absolute Gasteiger partial charge is 0.160 e. The maximum Gasteiger partial charge on any atom is 0.160 e. The zero-order valence-electron chi connectivity index (χ0n) is 14.4. The number of hydrogen-bond donors (Lipinski definition) is 1. The van der Waals surface area contributed by atoms with Gasteiger partial charge in [0.2, 0.25) is 0 Å². The summed E-state index contributed by atoms with van der Waals surface area (Å²) in [6.07, 6.45) is 1.93. The normalized spacial score (nSPS) is 19.2. The van der Waals surface area contributed by atoms with E-state index in [0.717, 1.165) is 31.7 Å². The fourth-order valence-corrected chi connectivity index (χ4v) is 4.21. The molecule has 0 saturated heterocycles. The largest absolute Gasteiger partial charge is 0.504 e. The number of aryl methyl sites for hydroxylation is 1. The van der Waals surface area contributed by atoms with Gasteiger partial charge in [-0.05, 0) is 54.2 Å². The fraction of sp³-hybridized carbons (Fsp3) is 0.400. The third-order valence-corrected chi connectivity index (χ3v) is 5.44. The monoisotopic (exact) mass is 325 g/mol. The van der Waals surface area contributed by atoms with Crippen LogP contribution in [0.5, 0.6) is 17.2 Å². The second kappa shape index (κ2) is 5.71. The highest BCUT2D eigenvalue weighted by atomic mass is 16.5. The summed E-state index contributed by atoms with van der Waals surface area (Å²) in [6, 6.07) is 8.56. The van der Waals surface area contributed by atoms with Crippen LogP contribution in [0.1, 0.15) is 33.9 Å². The number of hydrogen-bond acceptors (Lipinski definition) is 4. The van der Waals surface area contributed by atoms with Gasteiger partial charge in [0.25, 0.3) is 0 Å². The Bertz CT molecular complexity index is 800. The lowest BCUT2D eigenvalue weighted by Crippen LogP contribution is -2.39. The molecule has 4 rings (SSSR count). The summed E-state index contributed by atoms with van der Waals surface area (Å²) < 4.78 is 10.9. The maximum absolute atomic E-state index is 10.2. The Kier molecular flexibility index (Phi) is 3.65. The lowest BCUT2D eigenvalue weighted by atomic mass is 9.83. The van der Waals surface area contributed by atoms with Gasteiger partial charge in [-0.2, -0.15) is 0 Å². The highest BCUT2D eigenvalue weighted by Gasteiger charge is 2.34. The van der Waals surface area contributed by atoms with Gasteiger partial charge in [0.05, 0.1) is 14.2 Å². The molecule has 0 bridgehead atoms. The summed E-state index contributed by atoms with van der Waals surface area (Å²) >= 11 is 0. The van der Waals surface area contributed by atoms with Crippen LogP contribution in [0.3, 0.4) is 0 Å². The van der Waals surface area contributed by atoms with Crippen molar-refractivity contribution >= 4 is 0 Å². The predicted octanol–water partition coefficient (Wildman–Crippen LogP) is 3.37. The van der Waals surface area contributed by atoms with Crippen molar-refractivity contribution in [3.05, 3.63) is 52.1 Å². The SMILES string of the molecule is COc1cc2c(cc1O)[C@@H]1Cc3ccc(C)c(OC)c3CN1CC2. The van der Waals surface area contributed by atoms with Gasteiger partial charge in [0, 0.05) is 24.7 Å². The Morgan fingerprint density at radius 1 is 1.12 bits per heavy atom. The Balaban J connectivity index is 1.77. The van der Waals surface area contributed by atoms with Crippen LogP contribution >= 0.6 is 0 Å². The lowest BCUT2D eigenvalue weighted by molar-refractivity contribution is 0.157. The molecule has 24 heavy (non-hydrogen) atoms. The maximum atomic E-state index is 10.2. The van der Waals surface area contributed by atoms with Crippen molar-refractivity contribution in [2.45, 2.75) is 32.4 Å². The quantitative estimate of drug-likeness (QED) is 0.919. The molecule has 0 aliphatic carbocycles. The van der Waals surface area contributed by atoms with E-state index in [1.54, 1.807) is 14.2 Å². The number of benzene rings is 2. The predicted molar refractivity (Wildman–Crippen MR) is 92.9 cm³/mol. The van der Waals surface area contributed by atoms with Crippen molar-refractivity contribution in [3.8, 4) is 17.2 Å². The van der Waals surface area contributed by atoms with Crippen LogP contribution in [-0.2, 0) is 19.4 Å². The van der Waals surface area contributed by atoms with Crippen LogP contribution in [-0.4, -0.2) is 30.8 Å². The first-order valence-electron chi connectivity index (χ1n) is 8.41. The third kappa shape index (κ3) is 2.25. The molecule has 0 unspecified atom stereocenters. The summed E-state index contributed by atoms with van der Waals surface area (Å²) in [5, 5.41) is 10.2. The average molecular weight is 325 g/mol. The van der Waals surface area contributed by atoms with E-state index in [1.807, 2.05) is 12.1 Å². The van der Waals surface area contributed by atoms with Crippen molar-refractivity contribution in [3.63, 3.8) is 0 Å². The van der Waals surface area contributed by atoms with E-state index >= 15 is 0 Å². The summed E-state index contributed by atoms with van der Waals surface area (Å²) in [7, 11) is 3.35. The Morgan fingerprint density at radius 2 is 1.96 bits per heavy atom. The first-order chi connectivity index (χ1) is 11.6. The Hall–Kier alpha value is -2.20. The van der Waals surface area contributed by atoms with Gasteiger partial charge in [-0.1, -0.05) is 12.1 Å². The van der Waals surface area contributed by atoms with E-state index in [2.05, 4.69) is 24.0 Å². The van der Waals surface area contributed by atoms with E-state index in [4.69, 9.17) is 9.47 Å². The highest BCUT2D eigenvalue weighted by molar-refractivity contribution is 5.52. The molecule has 0 spiro atoms. The van der Waals surface area contributed by atoms with Crippen molar-refractivity contribution in [2.75, 3.05) is 20.8 Å². The molecule has 2 aliphatic heterocycles. The van der Waals surface area contributed by atoms with Gasteiger partial charge in [-0.3, -0.25) is 4.90 Å². The third-order valence-electron chi connectivity index (χ3n) is 5.44. The summed E-state index contributed by atoms with van der Waals surface area (Å²) in [4.78, 5) is 2.50. The summed E-state index contributed by atoms with van der Waals surface area (Å²) in [6.45, 7) is 4.01. The van der Waals surface area contributed by atoms with Crippen LogP contribution < -0.4 is 9.47 Å².